The first-order chi connectivity index (χ1) is 13.2. The molecule has 0 N–H and O–H groups in total. The lowest BCUT2D eigenvalue weighted by Crippen LogP contribution is -2.45. The lowest BCUT2D eigenvalue weighted by atomic mass is 10.2. The summed E-state index contributed by atoms with van der Waals surface area (Å²) in [4.78, 5) is 9.62. The summed E-state index contributed by atoms with van der Waals surface area (Å²) in [5.41, 5.74) is 3.37. The van der Waals surface area contributed by atoms with Gasteiger partial charge in [0.25, 0.3) is 0 Å². The molecule has 0 spiro atoms. The summed E-state index contributed by atoms with van der Waals surface area (Å²) in [5, 5.41) is 3.44. The number of rotatable bonds is 5. The highest BCUT2D eigenvalue weighted by atomic mass is 35.5. The number of piperazine rings is 1. The molecule has 1 aromatic heterocycles. The summed E-state index contributed by atoms with van der Waals surface area (Å²) < 4.78 is 13.3. The second kappa shape index (κ2) is 8.48. The molecule has 0 saturated carbocycles. The summed E-state index contributed by atoms with van der Waals surface area (Å²) in [7, 11) is 0. The fourth-order valence-electron chi connectivity index (χ4n) is 3.32. The van der Waals surface area contributed by atoms with Gasteiger partial charge in [-0.05, 0) is 17.7 Å². The molecular weight excluding hydrogens is 381 g/mol. The van der Waals surface area contributed by atoms with Gasteiger partial charge in [0.1, 0.15) is 10.8 Å². The second-order valence-electron chi connectivity index (χ2n) is 6.81. The highest BCUT2D eigenvalue weighted by molar-refractivity contribution is 7.13. The normalized spacial score (nSPS) is 15.9. The molecule has 1 aliphatic rings. The van der Waals surface area contributed by atoms with E-state index in [4.69, 9.17) is 16.6 Å². The van der Waals surface area contributed by atoms with Gasteiger partial charge in [0.2, 0.25) is 0 Å². The van der Waals surface area contributed by atoms with Crippen LogP contribution in [0.2, 0.25) is 5.02 Å². The highest BCUT2D eigenvalue weighted by Gasteiger charge is 2.18. The molecule has 0 aliphatic carbocycles. The van der Waals surface area contributed by atoms with Crippen LogP contribution in [0.5, 0.6) is 0 Å². The van der Waals surface area contributed by atoms with Crippen molar-refractivity contribution in [3.8, 4) is 10.6 Å². The molecule has 6 heteroatoms. The van der Waals surface area contributed by atoms with Gasteiger partial charge in [-0.2, -0.15) is 0 Å². The minimum Gasteiger partial charge on any atom is -0.297 e. The van der Waals surface area contributed by atoms with E-state index in [1.54, 1.807) is 17.4 Å². The van der Waals surface area contributed by atoms with Crippen molar-refractivity contribution < 1.29 is 4.39 Å². The van der Waals surface area contributed by atoms with Crippen LogP contribution in [-0.2, 0) is 13.1 Å². The van der Waals surface area contributed by atoms with Crippen LogP contribution in [0.4, 0.5) is 4.39 Å². The number of halogens is 2. The molecule has 1 aliphatic heterocycles. The molecule has 2 heterocycles. The molecule has 4 rings (SSSR count). The van der Waals surface area contributed by atoms with Crippen molar-refractivity contribution in [3.63, 3.8) is 0 Å². The summed E-state index contributed by atoms with van der Waals surface area (Å²) in [6.07, 6.45) is 0. The Morgan fingerprint density at radius 1 is 0.963 bits per heavy atom. The first-order valence-electron chi connectivity index (χ1n) is 9.06. The van der Waals surface area contributed by atoms with E-state index >= 15 is 0 Å². The molecule has 0 amide bonds. The van der Waals surface area contributed by atoms with Crippen molar-refractivity contribution in [2.45, 2.75) is 13.1 Å². The van der Waals surface area contributed by atoms with Gasteiger partial charge in [0.05, 0.1) is 10.7 Å². The minimum absolute atomic E-state index is 0.198. The Morgan fingerprint density at radius 3 is 2.37 bits per heavy atom. The zero-order valence-electron chi connectivity index (χ0n) is 14.9. The molecule has 0 atom stereocenters. The van der Waals surface area contributed by atoms with Crippen LogP contribution in [0, 0.1) is 5.82 Å². The van der Waals surface area contributed by atoms with Crippen molar-refractivity contribution >= 4 is 22.9 Å². The number of thiazole rings is 1. The van der Waals surface area contributed by atoms with Crippen LogP contribution in [0.15, 0.2) is 53.9 Å². The topological polar surface area (TPSA) is 19.4 Å². The van der Waals surface area contributed by atoms with E-state index in [-0.39, 0.29) is 10.8 Å². The van der Waals surface area contributed by atoms with Crippen LogP contribution >= 0.6 is 22.9 Å². The van der Waals surface area contributed by atoms with Crippen molar-refractivity contribution in [3.05, 3.63) is 76.0 Å². The van der Waals surface area contributed by atoms with Gasteiger partial charge >= 0.3 is 0 Å². The Balaban J connectivity index is 1.29. The van der Waals surface area contributed by atoms with Gasteiger partial charge in [-0.1, -0.05) is 48.0 Å². The van der Waals surface area contributed by atoms with Crippen LogP contribution in [0.3, 0.4) is 0 Å². The molecule has 1 fully saturated rings. The number of benzene rings is 2. The SMILES string of the molecule is Fc1ccc(CN2CCN(Cc3csc(-c4ccccc4)n3)CC2)cc1Cl. The van der Waals surface area contributed by atoms with Crippen molar-refractivity contribution in [2.75, 3.05) is 26.2 Å². The van der Waals surface area contributed by atoms with Gasteiger partial charge in [-0.25, -0.2) is 9.37 Å². The molecule has 3 nitrogen and oxygen atoms in total. The average molecular weight is 402 g/mol. The predicted octanol–water partition coefficient (Wildman–Crippen LogP) is 4.92. The van der Waals surface area contributed by atoms with Crippen LogP contribution in [-0.4, -0.2) is 41.0 Å². The Labute approximate surface area is 168 Å². The Hall–Kier alpha value is -1.79. The summed E-state index contributed by atoms with van der Waals surface area (Å²) >= 11 is 7.59. The first kappa shape index (κ1) is 18.6. The fraction of sp³-hybridized carbons (Fsp3) is 0.286. The number of aromatic nitrogens is 1. The lowest BCUT2D eigenvalue weighted by molar-refractivity contribution is 0.121. The monoisotopic (exact) mass is 401 g/mol. The van der Waals surface area contributed by atoms with Crippen molar-refractivity contribution in [1.29, 1.82) is 0 Å². The predicted molar refractivity (Wildman–Crippen MR) is 110 cm³/mol. The zero-order chi connectivity index (χ0) is 18.6. The average Bonchev–Trinajstić information content (AvgIpc) is 3.16. The third-order valence-corrected chi connectivity index (χ3v) is 6.04. The standard InChI is InChI=1S/C21H21ClFN3S/c22-19-12-16(6-7-20(19)23)13-25-8-10-26(11-9-25)14-18-15-27-21(24-18)17-4-2-1-3-5-17/h1-7,12,15H,8-11,13-14H2. The Kier molecular flexibility index (Phi) is 5.83. The summed E-state index contributed by atoms with van der Waals surface area (Å²) in [6.45, 7) is 5.69. The van der Waals surface area contributed by atoms with E-state index in [1.165, 1.54) is 11.6 Å². The first-order valence-corrected chi connectivity index (χ1v) is 10.3. The van der Waals surface area contributed by atoms with Gasteiger partial charge in [0, 0.05) is 50.2 Å². The van der Waals surface area contributed by atoms with Crippen molar-refractivity contribution in [2.24, 2.45) is 0 Å². The smallest absolute Gasteiger partial charge is 0.141 e. The molecule has 0 unspecified atom stereocenters. The second-order valence-corrected chi connectivity index (χ2v) is 8.08. The quantitative estimate of drug-likeness (QED) is 0.604. The van der Waals surface area contributed by atoms with Gasteiger partial charge < -0.3 is 0 Å². The van der Waals surface area contributed by atoms with E-state index in [0.717, 1.165) is 55.5 Å². The molecule has 0 bridgehead atoms. The zero-order valence-corrected chi connectivity index (χ0v) is 16.5. The van der Waals surface area contributed by atoms with E-state index in [9.17, 15) is 4.39 Å². The number of nitrogens with zero attached hydrogens (tertiary/aromatic N) is 3. The maximum Gasteiger partial charge on any atom is 0.141 e. The van der Waals surface area contributed by atoms with E-state index in [2.05, 4.69) is 27.3 Å². The van der Waals surface area contributed by atoms with Crippen LogP contribution in [0.1, 0.15) is 11.3 Å². The maximum atomic E-state index is 13.3. The van der Waals surface area contributed by atoms with E-state index in [0.29, 0.717) is 0 Å². The third kappa shape index (κ3) is 4.74. The maximum absolute atomic E-state index is 13.3. The summed E-state index contributed by atoms with van der Waals surface area (Å²) in [5.74, 6) is -0.358. The Bertz CT molecular complexity index is 891. The fourth-order valence-corrected chi connectivity index (χ4v) is 4.34. The molecule has 27 heavy (non-hydrogen) atoms. The Morgan fingerprint density at radius 2 is 1.67 bits per heavy atom. The molecule has 1 saturated heterocycles. The molecule has 0 radical (unpaired) electrons. The number of hydrogen-bond donors (Lipinski definition) is 0. The van der Waals surface area contributed by atoms with E-state index in [1.807, 2.05) is 24.3 Å². The molecular formula is C21H21ClFN3S. The minimum atomic E-state index is -0.358. The third-order valence-electron chi connectivity index (χ3n) is 4.81. The number of hydrogen-bond acceptors (Lipinski definition) is 4. The largest absolute Gasteiger partial charge is 0.297 e. The highest BCUT2D eigenvalue weighted by Crippen LogP contribution is 2.24. The van der Waals surface area contributed by atoms with Gasteiger partial charge in [-0.3, -0.25) is 9.80 Å². The summed E-state index contributed by atoms with van der Waals surface area (Å²) in [6, 6.07) is 15.3. The van der Waals surface area contributed by atoms with Crippen LogP contribution in [0.25, 0.3) is 10.6 Å². The van der Waals surface area contributed by atoms with E-state index < -0.39 is 0 Å². The van der Waals surface area contributed by atoms with Crippen molar-refractivity contribution in [1.82, 2.24) is 14.8 Å². The van der Waals surface area contributed by atoms with Gasteiger partial charge in [0.15, 0.2) is 0 Å². The lowest BCUT2D eigenvalue weighted by Gasteiger charge is -2.34. The van der Waals surface area contributed by atoms with Gasteiger partial charge in [-0.15, -0.1) is 11.3 Å². The molecule has 140 valence electrons. The molecule has 2 aromatic carbocycles. The molecule has 3 aromatic rings. The van der Waals surface area contributed by atoms with Crippen LogP contribution < -0.4 is 0 Å².